The molecular weight excluding hydrogens is 822 g/mol. The van der Waals surface area contributed by atoms with Crippen LogP contribution in [0, 0.1) is 26.0 Å². The molecule has 0 aliphatic heterocycles. The Hall–Kier alpha value is -2.77. The number of rotatable bonds is 2. The predicted octanol–water partition coefficient (Wildman–Crippen LogP) is 8.00. The van der Waals surface area contributed by atoms with Gasteiger partial charge in [-0.2, -0.15) is 23.8 Å². The van der Waals surface area contributed by atoms with E-state index in [4.69, 9.17) is 23.2 Å². The van der Waals surface area contributed by atoms with Crippen LogP contribution >= 0.6 is 23.2 Å². The fourth-order valence-corrected chi connectivity index (χ4v) is 9.03. The second kappa shape index (κ2) is 18.0. The average Bonchev–Trinajstić information content (AvgIpc) is 3.78. The summed E-state index contributed by atoms with van der Waals surface area (Å²) in [4.78, 5) is 0. The van der Waals surface area contributed by atoms with E-state index in [-0.39, 0.29) is 35.6 Å². The van der Waals surface area contributed by atoms with Crippen molar-refractivity contribution >= 4 is 48.0 Å². The third-order valence-electron chi connectivity index (χ3n) is 9.94. The first kappa shape index (κ1) is 44.0. The first-order valence-electron chi connectivity index (χ1n) is 18.0. The van der Waals surface area contributed by atoms with Gasteiger partial charge in [0.15, 0.2) is 0 Å². The third-order valence-corrected chi connectivity index (χ3v) is 11.9. The fraction of sp³-hybridized carbons (Fsp3) is 0.245. The monoisotopic (exact) mass is 864 g/mol. The molecule has 6 aromatic rings. The normalized spacial score (nSPS) is 12.5. The van der Waals surface area contributed by atoms with Crippen LogP contribution in [-0.4, -0.2) is 3.21 Å². The van der Waals surface area contributed by atoms with Gasteiger partial charge in [0, 0.05) is 0 Å². The Morgan fingerprint density at radius 3 is 1.61 bits per heavy atom. The van der Waals surface area contributed by atoms with Crippen molar-refractivity contribution in [3.05, 3.63) is 176 Å². The van der Waals surface area contributed by atoms with Crippen molar-refractivity contribution in [1.82, 2.24) is 0 Å². The summed E-state index contributed by atoms with van der Waals surface area (Å²) < 4.78 is 1.31. The van der Waals surface area contributed by atoms with Gasteiger partial charge in [-0.1, -0.05) is 71.6 Å². The van der Waals surface area contributed by atoms with E-state index in [2.05, 4.69) is 140 Å². The summed E-state index contributed by atoms with van der Waals surface area (Å²) in [5, 5.41) is 6.15. The Balaban J connectivity index is 0.000000206. The van der Waals surface area contributed by atoms with Crippen molar-refractivity contribution in [1.29, 1.82) is 0 Å². The van der Waals surface area contributed by atoms with Crippen LogP contribution < -0.4 is 24.8 Å². The largest absolute Gasteiger partial charge is 1.00 e. The first-order chi connectivity index (χ1) is 24.6. The molecule has 0 heterocycles. The first-order valence-corrected chi connectivity index (χ1v) is 20.0. The Kier molecular flexibility index (Phi) is 14.7. The van der Waals surface area contributed by atoms with Crippen LogP contribution in [0.2, 0.25) is 10.0 Å². The molecule has 2 aliphatic carbocycles. The van der Waals surface area contributed by atoms with E-state index in [0.29, 0.717) is 0 Å². The summed E-state index contributed by atoms with van der Waals surface area (Å²) >= 11 is 14.1. The van der Waals surface area contributed by atoms with Gasteiger partial charge in [0.2, 0.25) is 0 Å². The molecule has 5 heteroatoms. The van der Waals surface area contributed by atoms with Crippen molar-refractivity contribution in [2.75, 3.05) is 0 Å². The van der Waals surface area contributed by atoms with Crippen LogP contribution in [0.25, 0.3) is 32.7 Å². The number of fused-ring (bicyclic) bond motifs is 5. The van der Waals surface area contributed by atoms with Crippen molar-refractivity contribution in [2.24, 2.45) is 0 Å². The molecule has 0 saturated carbocycles. The number of hydrogen-bond donors (Lipinski definition) is 0. The quantitative estimate of drug-likeness (QED) is 0.155. The Morgan fingerprint density at radius 2 is 1.15 bits per heavy atom. The molecule has 0 aromatic heterocycles. The summed E-state index contributed by atoms with van der Waals surface area (Å²) in [5.74, 6) is 0. The summed E-state index contributed by atoms with van der Waals surface area (Å²) in [6.07, 6.45) is 11.0. The van der Waals surface area contributed by atoms with Crippen molar-refractivity contribution in [3.8, 4) is 11.1 Å². The van der Waals surface area contributed by atoms with Crippen LogP contribution in [0.1, 0.15) is 92.5 Å². The topological polar surface area (TPSA) is 0 Å². The van der Waals surface area contributed by atoms with Crippen molar-refractivity contribution < 1.29 is 49.0 Å². The smallest absolute Gasteiger partial charge is 0.109 e. The molecular formula is C49H46Cl4Zr-2. The fourth-order valence-electron chi connectivity index (χ4n) is 7.49. The van der Waals surface area contributed by atoms with E-state index >= 15 is 0 Å². The number of hydrogen-bond acceptors (Lipinski definition) is 0. The third kappa shape index (κ3) is 9.43. The summed E-state index contributed by atoms with van der Waals surface area (Å²) in [6, 6.07) is 35.8. The number of aryl methyl sites for hydroxylation is 2. The molecule has 0 radical (unpaired) electrons. The number of benzene rings is 6. The van der Waals surface area contributed by atoms with Gasteiger partial charge in [-0.25, -0.2) is 12.2 Å². The average molecular weight is 868 g/mol. The van der Waals surface area contributed by atoms with Gasteiger partial charge in [0.25, 0.3) is 0 Å². The minimum Gasteiger partial charge on any atom is -1.00 e. The van der Waals surface area contributed by atoms with Gasteiger partial charge in [-0.05, 0) is 35.4 Å². The zero-order valence-electron chi connectivity index (χ0n) is 32.3. The van der Waals surface area contributed by atoms with Gasteiger partial charge in [0.1, 0.15) is 0 Å². The molecule has 8 rings (SSSR count). The second-order valence-electron chi connectivity index (χ2n) is 15.9. The maximum atomic E-state index is 6.38. The van der Waals surface area contributed by atoms with Crippen molar-refractivity contribution in [3.63, 3.8) is 0 Å². The Morgan fingerprint density at radius 1 is 0.648 bits per heavy atom. The molecule has 6 aromatic carbocycles. The second-order valence-corrected chi connectivity index (χ2v) is 17.9. The van der Waals surface area contributed by atoms with Crippen molar-refractivity contribution in [2.45, 2.75) is 79.1 Å². The van der Waals surface area contributed by atoms with E-state index in [1.54, 1.807) is 0 Å². The molecule has 2 aliphatic rings. The minimum atomic E-state index is 0. The molecule has 0 amide bonds. The zero-order chi connectivity index (χ0) is 37.4. The van der Waals surface area contributed by atoms with E-state index in [9.17, 15) is 0 Å². The summed E-state index contributed by atoms with van der Waals surface area (Å²) in [5.41, 5.74) is 14.1. The van der Waals surface area contributed by atoms with Gasteiger partial charge >= 0.3 is 166 Å². The van der Waals surface area contributed by atoms with Crippen LogP contribution in [0.5, 0.6) is 0 Å². The molecule has 54 heavy (non-hydrogen) atoms. The van der Waals surface area contributed by atoms with Crippen LogP contribution in [0.4, 0.5) is 0 Å². The van der Waals surface area contributed by atoms with E-state index < -0.39 is 0 Å². The molecule has 0 nitrogen and oxygen atoms in total. The zero-order valence-corrected chi connectivity index (χ0v) is 37.8. The van der Waals surface area contributed by atoms with Crippen LogP contribution in [0.3, 0.4) is 0 Å². The molecule has 0 fully saturated rings. The predicted molar refractivity (Wildman–Crippen MR) is 223 cm³/mol. The summed E-state index contributed by atoms with van der Waals surface area (Å²) in [6.45, 7) is 18.2. The van der Waals surface area contributed by atoms with E-state index in [1.807, 2.05) is 36.4 Å². The molecule has 0 unspecified atom stereocenters. The standard InChI is InChI=1S/C23H29.C21H12Cl2.C5H5.2ClH.Zr/c1-14-9-16-11-17-10-15(2)21(23(6,7)8)13-19(17)18(16)12-20(14)22(3,4)5;22-20-11-3-7-16-14(5-1-9-18(16)20)13-15-6-2-10-19-17(15)8-4-12-21(19)23;1-2-4-5-3-1;;;/h9,12-13H,11H2,1-8H3;1-12H;1-3H,4H2;2*1H;/q-1;;-1;;;+2/p-2. The molecule has 0 N–H and O–H groups in total. The van der Waals surface area contributed by atoms with Gasteiger partial charge in [-0.15, -0.1) is 23.1 Å². The Labute approximate surface area is 360 Å². The molecule has 0 bridgehead atoms. The maximum Gasteiger partial charge on any atom is -0.109 e. The van der Waals surface area contributed by atoms with Gasteiger partial charge in [0.05, 0.1) is 0 Å². The molecule has 0 atom stereocenters. The molecule has 0 spiro atoms. The van der Waals surface area contributed by atoms with Crippen LogP contribution in [0.15, 0.2) is 109 Å². The molecule has 0 saturated heterocycles. The number of allylic oxidation sites excluding steroid dienone is 4. The maximum absolute atomic E-state index is 6.38. The Bertz CT molecular complexity index is 2220. The molecule has 276 valence electrons. The minimum absolute atomic E-state index is 0. The SMILES string of the molecule is Cc1[c-]c2c(cc1C(C)(C)C)-c1cc(C(C)(C)C)c(C)cc1C2.Clc1cccc2c([C](=[Zr+2])c3cccc4c(Cl)cccc34)cccc12.[C-]1=CC=CC1.[Cl-].[Cl-]. The van der Waals surface area contributed by atoms with Gasteiger partial charge < -0.3 is 24.8 Å². The van der Waals surface area contributed by atoms with Crippen LogP contribution in [-0.2, 0) is 41.5 Å². The summed E-state index contributed by atoms with van der Waals surface area (Å²) in [7, 11) is 0. The van der Waals surface area contributed by atoms with E-state index in [0.717, 1.165) is 33.7 Å². The van der Waals surface area contributed by atoms with Gasteiger partial charge in [-0.3, -0.25) is 6.08 Å². The number of halogens is 4. The van der Waals surface area contributed by atoms with E-state index in [1.165, 1.54) is 93.8 Å².